The first-order valence-corrected chi connectivity index (χ1v) is 5.71. The van der Waals surface area contributed by atoms with Gasteiger partial charge in [-0.1, -0.05) is 26.8 Å². The van der Waals surface area contributed by atoms with E-state index in [1.165, 1.54) is 0 Å². The molecule has 0 atom stereocenters. The third-order valence-corrected chi connectivity index (χ3v) is 3.32. The van der Waals surface area contributed by atoms with Gasteiger partial charge in [-0.3, -0.25) is 4.79 Å². The average molecular weight is 218 g/mol. The van der Waals surface area contributed by atoms with Crippen molar-refractivity contribution in [1.29, 1.82) is 0 Å². The Hall–Kier alpha value is -1.31. The van der Waals surface area contributed by atoms with Crippen LogP contribution in [0, 0.1) is 6.92 Å². The lowest BCUT2D eigenvalue weighted by atomic mass is 9.83. The molecular weight excluding hydrogens is 200 g/mol. The van der Waals surface area contributed by atoms with Gasteiger partial charge in [-0.2, -0.15) is 0 Å². The zero-order chi connectivity index (χ0) is 12.1. The standard InChI is InChI=1S/C14H18O2/c1-8-7-10(14(2,3)4)13(16)12-9(8)5-6-11(12)15/h7,16H,5-6H2,1-4H3. The van der Waals surface area contributed by atoms with Crippen LogP contribution in [0.3, 0.4) is 0 Å². The number of hydrogen-bond donors (Lipinski definition) is 1. The molecule has 16 heavy (non-hydrogen) atoms. The fourth-order valence-electron chi connectivity index (χ4n) is 2.40. The molecule has 0 unspecified atom stereocenters. The molecule has 0 saturated carbocycles. The predicted molar refractivity (Wildman–Crippen MR) is 64.2 cm³/mol. The zero-order valence-corrected chi connectivity index (χ0v) is 10.3. The Balaban J connectivity index is 2.74. The third kappa shape index (κ3) is 1.53. The Morgan fingerprint density at radius 2 is 1.88 bits per heavy atom. The number of phenolic OH excluding ortho intramolecular Hbond substituents is 1. The van der Waals surface area contributed by atoms with Gasteiger partial charge in [0.15, 0.2) is 5.78 Å². The second-order valence-electron chi connectivity index (χ2n) is 5.62. The van der Waals surface area contributed by atoms with Crippen LogP contribution in [0.1, 0.15) is 54.2 Å². The lowest BCUT2D eigenvalue weighted by Gasteiger charge is -2.23. The van der Waals surface area contributed by atoms with E-state index < -0.39 is 0 Å². The zero-order valence-electron chi connectivity index (χ0n) is 10.3. The fourth-order valence-corrected chi connectivity index (χ4v) is 2.40. The van der Waals surface area contributed by atoms with Crippen LogP contribution in [-0.2, 0) is 11.8 Å². The first-order chi connectivity index (χ1) is 7.32. The van der Waals surface area contributed by atoms with E-state index in [9.17, 15) is 9.90 Å². The number of hydrogen-bond acceptors (Lipinski definition) is 2. The number of fused-ring (bicyclic) bond motifs is 1. The van der Waals surface area contributed by atoms with Gasteiger partial charge in [0.25, 0.3) is 0 Å². The van der Waals surface area contributed by atoms with Crippen LogP contribution in [0.25, 0.3) is 0 Å². The molecule has 1 aliphatic rings. The third-order valence-electron chi connectivity index (χ3n) is 3.32. The number of aryl methyl sites for hydroxylation is 1. The van der Waals surface area contributed by atoms with Crippen molar-refractivity contribution in [3.8, 4) is 5.75 Å². The molecule has 0 fully saturated rings. The van der Waals surface area contributed by atoms with Crippen LogP contribution in [0.5, 0.6) is 5.75 Å². The summed E-state index contributed by atoms with van der Waals surface area (Å²) in [7, 11) is 0. The van der Waals surface area contributed by atoms with Crippen molar-refractivity contribution in [1.82, 2.24) is 0 Å². The van der Waals surface area contributed by atoms with Crippen LogP contribution < -0.4 is 0 Å². The molecule has 0 saturated heterocycles. The van der Waals surface area contributed by atoms with E-state index in [1.54, 1.807) is 0 Å². The predicted octanol–water partition coefficient (Wildman–Crippen LogP) is 3.13. The van der Waals surface area contributed by atoms with Crippen molar-refractivity contribution >= 4 is 5.78 Å². The van der Waals surface area contributed by atoms with Crippen LogP contribution >= 0.6 is 0 Å². The molecule has 0 aromatic heterocycles. The van der Waals surface area contributed by atoms with Crippen LogP contribution in [-0.4, -0.2) is 10.9 Å². The van der Waals surface area contributed by atoms with Crippen LogP contribution in [0.4, 0.5) is 0 Å². The van der Waals surface area contributed by atoms with Gasteiger partial charge in [0.05, 0.1) is 5.56 Å². The Labute approximate surface area is 96.3 Å². The van der Waals surface area contributed by atoms with Crippen molar-refractivity contribution < 1.29 is 9.90 Å². The van der Waals surface area contributed by atoms with Gasteiger partial charge in [-0.25, -0.2) is 0 Å². The average Bonchev–Trinajstić information content (AvgIpc) is 2.53. The van der Waals surface area contributed by atoms with Gasteiger partial charge in [-0.05, 0) is 29.9 Å². The second-order valence-corrected chi connectivity index (χ2v) is 5.62. The summed E-state index contributed by atoms with van der Waals surface area (Å²) in [6.45, 7) is 8.17. The Kier molecular flexibility index (Phi) is 2.33. The maximum Gasteiger partial charge on any atom is 0.167 e. The molecule has 0 amide bonds. The smallest absolute Gasteiger partial charge is 0.167 e. The maximum atomic E-state index is 11.8. The Morgan fingerprint density at radius 3 is 2.44 bits per heavy atom. The lowest BCUT2D eigenvalue weighted by molar-refractivity contribution is 0.0992. The van der Waals surface area contributed by atoms with E-state index in [1.807, 2.05) is 33.8 Å². The molecule has 0 radical (unpaired) electrons. The molecule has 2 heteroatoms. The highest BCUT2D eigenvalue weighted by molar-refractivity contribution is 6.03. The molecule has 0 bridgehead atoms. The van der Waals surface area contributed by atoms with Crippen molar-refractivity contribution in [2.24, 2.45) is 0 Å². The number of rotatable bonds is 0. The van der Waals surface area contributed by atoms with Crippen molar-refractivity contribution in [2.45, 2.75) is 46.0 Å². The van der Waals surface area contributed by atoms with E-state index in [0.717, 1.165) is 23.1 Å². The van der Waals surface area contributed by atoms with Gasteiger partial charge >= 0.3 is 0 Å². The molecule has 0 aliphatic heterocycles. The Bertz CT molecular complexity index is 465. The topological polar surface area (TPSA) is 37.3 Å². The monoisotopic (exact) mass is 218 g/mol. The van der Waals surface area contributed by atoms with E-state index >= 15 is 0 Å². The summed E-state index contributed by atoms with van der Waals surface area (Å²) in [5.74, 6) is 0.289. The Morgan fingerprint density at radius 1 is 1.25 bits per heavy atom. The molecular formula is C14H18O2. The van der Waals surface area contributed by atoms with Crippen molar-refractivity contribution in [2.75, 3.05) is 0 Å². The summed E-state index contributed by atoms with van der Waals surface area (Å²) >= 11 is 0. The van der Waals surface area contributed by atoms with Crippen LogP contribution in [0.15, 0.2) is 6.07 Å². The number of ketones is 1. The highest BCUT2D eigenvalue weighted by Gasteiger charge is 2.30. The summed E-state index contributed by atoms with van der Waals surface area (Å²) < 4.78 is 0. The second kappa shape index (κ2) is 3.34. The fraction of sp³-hybridized carbons (Fsp3) is 0.500. The van der Waals surface area contributed by atoms with E-state index in [-0.39, 0.29) is 16.9 Å². The summed E-state index contributed by atoms with van der Waals surface area (Å²) in [5, 5.41) is 10.2. The molecule has 0 spiro atoms. The number of carbonyl (C=O) groups excluding carboxylic acids is 1. The highest BCUT2D eigenvalue weighted by atomic mass is 16.3. The summed E-state index contributed by atoms with van der Waals surface area (Å²) in [4.78, 5) is 11.8. The van der Waals surface area contributed by atoms with E-state index in [0.29, 0.717) is 12.0 Å². The van der Waals surface area contributed by atoms with Crippen molar-refractivity contribution in [3.05, 3.63) is 28.3 Å². The SMILES string of the molecule is Cc1cc(C(C)(C)C)c(O)c2c1CCC2=O. The highest BCUT2D eigenvalue weighted by Crippen LogP contribution is 2.40. The quantitative estimate of drug-likeness (QED) is 0.726. The van der Waals surface area contributed by atoms with E-state index in [2.05, 4.69) is 0 Å². The molecule has 2 rings (SSSR count). The number of Topliss-reactive ketones (excluding diaryl/α,β-unsaturated/α-hetero) is 1. The molecule has 1 aromatic carbocycles. The minimum Gasteiger partial charge on any atom is -0.507 e. The lowest BCUT2D eigenvalue weighted by Crippen LogP contribution is -2.13. The summed E-state index contributed by atoms with van der Waals surface area (Å²) in [5.41, 5.74) is 3.48. The number of carbonyl (C=O) groups is 1. The van der Waals surface area contributed by atoms with Gasteiger partial charge in [-0.15, -0.1) is 0 Å². The van der Waals surface area contributed by atoms with Crippen molar-refractivity contribution in [3.63, 3.8) is 0 Å². The van der Waals surface area contributed by atoms with Gasteiger partial charge in [0.2, 0.25) is 0 Å². The number of benzene rings is 1. The molecule has 86 valence electrons. The molecule has 1 N–H and O–H groups in total. The molecule has 0 heterocycles. The van der Waals surface area contributed by atoms with Gasteiger partial charge in [0.1, 0.15) is 5.75 Å². The first-order valence-electron chi connectivity index (χ1n) is 5.71. The minimum atomic E-state index is -0.132. The van der Waals surface area contributed by atoms with Gasteiger partial charge in [0, 0.05) is 12.0 Å². The largest absolute Gasteiger partial charge is 0.507 e. The maximum absolute atomic E-state index is 11.8. The van der Waals surface area contributed by atoms with Gasteiger partial charge < -0.3 is 5.11 Å². The first kappa shape index (κ1) is 11.2. The molecule has 1 aromatic rings. The molecule has 2 nitrogen and oxygen atoms in total. The molecule has 1 aliphatic carbocycles. The van der Waals surface area contributed by atoms with E-state index in [4.69, 9.17) is 0 Å². The van der Waals surface area contributed by atoms with Crippen LogP contribution in [0.2, 0.25) is 0 Å². The summed E-state index contributed by atoms with van der Waals surface area (Å²) in [6.07, 6.45) is 1.31. The summed E-state index contributed by atoms with van der Waals surface area (Å²) in [6, 6.07) is 2.02. The number of aromatic hydroxyl groups is 1. The normalized spacial score (nSPS) is 15.4. The minimum absolute atomic E-state index is 0.0849. The number of phenols is 1.